The van der Waals surface area contributed by atoms with Crippen LogP contribution in [0.25, 0.3) is 0 Å². The predicted octanol–water partition coefficient (Wildman–Crippen LogP) is 1.64. The smallest absolute Gasteiger partial charge is 0.265 e. The average Bonchev–Trinajstić information content (AvgIpc) is 2.81. The molecule has 0 atom stereocenters. The van der Waals surface area contributed by atoms with Gasteiger partial charge in [-0.1, -0.05) is 11.3 Å². The van der Waals surface area contributed by atoms with Crippen LogP contribution in [0.3, 0.4) is 0 Å². The van der Waals surface area contributed by atoms with Crippen molar-refractivity contribution in [3.05, 3.63) is 4.88 Å². The summed E-state index contributed by atoms with van der Waals surface area (Å²) in [6, 6.07) is 0. The normalized spacial score (nSPS) is 10.9. The molecule has 0 unspecified atom stereocenters. The second kappa shape index (κ2) is 8.84. The molecule has 120 valence electrons. The fourth-order valence-electron chi connectivity index (χ4n) is 1.95. The van der Waals surface area contributed by atoms with E-state index < -0.39 is 0 Å². The summed E-state index contributed by atoms with van der Waals surface area (Å²) in [6.45, 7) is 7.54. The number of rotatable bonds is 9. The van der Waals surface area contributed by atoms with Gasteiger partial charge in [0, 0.05) is 19.6 Å². The number of nitrogens with one attached hydrogen (secondary N) is 1. The molecule has 6 nitrogen and oxygen atoms in total. The van der Waals surface area contributed by atoms with Crippen LogP contribution in [0.4, 0.5) is 10.9 Å². The van der Waals surface area contributed by atoms with E-state index in [2.05, 4.69) is 33.9 Å². The lowest BCUT2D eigenvalue weighted by Crippen LogP contribution is -2.25. The molecule has 0 aliphatic carbocycles. The Balaban J connectivity index is 2.50. The van der Waals surface area contributed by atoms with E-state index in [4.69, 9.17) is 5.73 Å². The highest BCUT2D eigenvalue weighted by Gasteiger charge is 2.18. The van der Waals surface area contributed by atoms with E-state index in [1.54, 1.807) is 0 Å². The summed E-state index contributed by atoms with van der Waals surface area (Å²) < 4.78 is 0. The predicted molar refractivity (Wildman–Crippen MR) is 90.2 cm³/mol. The van der Waals surface area contributed by atoms with E-state index in [0.717, 1.165) is 37.6 Å². The molecule has 0 spiro atoms. The standard InChI is InChI=1S/C14H27N5OS/c1-5-19(6-2)14-17-12(15)11(21-14)13(20)16-9-7-8-10-18(3)4/h5-10,15H2,1-4H3,(H,16,20). The van der Waals surface area contributed by atoms with Gasteiger partial charge in [-0.2, -0.15) is 0 Å². The Morgan fingerprint density at radius 3 is 2.52 bits per heavy atom. The van der Waals surface area contributed by atoms with Gasteiger partial charge in [0.1, 0.15) is 10.7 Å². The van der Waals surface area contributed by atoms with Crippen LogP contribution in [-0.4, -0.2) is 56.1 Å². The number of carbonyl (C=O) groups excluding carboxylic acids is 1. The van der Waals surface area contributed by atoms with Gasteiger partial charge >= 0.3 is 0 Å². The Kier molecular flexibility index (Phi) is 7.45. The highest BCUT2D eigenvalue weighted by Crippen LogP contribution is 2.27. The molecule has 1 aromatic heterocycles. The Hall–Kier alpha value is -1.34. The third-order valence-electron chi connectivity index (χ3n) is 3.20. The average molecular weight is 313 g/mol. The minimum absolute atomic E-state index is 0.117. The number of nitrogen functional groups attached to an aromatic ring is 1. The van der Waals surface area contributed by atoms with Crippen LogP contribution in [0.2, 0.25) is 0 Å². The zero-order valence-electron chi connectivity index (χ0n) is 13.5. The number of hydrogen-bond donors (Lipinski definition) is 2. The number of anilines is 2. The lowest BCUT2D eigenvalue weighted by molar-refractivity contribution is 0.0957. The van der Waals surface area contributed by atoms with E-state index in [0.29, 0.717) is 17.2 Å². The molecule has 1 amide bonds. The summed E-state index contributed by atoms with van der Waals surface area (Å²) in [4.78, 5) is 21.2. The number of nitrogens with two attached hydrogens (primary N) is 1. The van der Waals surface area contributed by atoms with Crippen LogP contribution in [0.5, 0.6) is 0 Å². The molecular weight excluding hydrogens is 286 g/mol. The van der Waals surface area contributed by atoms with Crippen LogP contribution in [0.15, 0.2) is 0 Å². The maximum Gasteiger partial charge on any atom is 0.265 e. The van der Waals surface area contributed by atoms with Crippen molar-refractivity contribution >= 4 is 28.2 Å². The molecule has 0 saturated carbocycles. The first kappa shape index (κ1) is 17.7. The first-order valence-electron chi connectivity index (χ1n) is 7.43. The third kappa shape index (κ3) is 5.51. The molecule has 0 radical (unpaired) electrons. The quantitative estimate of drug-likeness (QED) is 0.678. The SMILES string of the molecule is CCN(CC)c1nc(N)c(C(=O)NCCCCN(C)C)s1. The molecule has 0 bridgehead atoms. The number of thiazole rings is 1. The zero-order valence-corrected chi connectivity index (χ0v) is 14.3. The molecule has 0 fully saturated rings. The van der Waals surface area contributed by atoms with E-state index in [1.165, 1.54) is 11.3 Å². The molecule has 1 heterocycles. The Bertz CT molecular complexity index is 443. The lowest BCUT2D eigenvalue weighted by atomic mass is 10.3. The maximum absolute atomic E-state index is 12.1. The van der Waals surface area contributed by atoms with E-state index >= 15 is 0 Å². The largest absolute Gasteiger partial charge is 0.382 e. The number of hydrogen-bond acceptors (Lipinski definition) is 6. The van der Waals surface area contributed by atoms with Gasteiger partial charge in [0.05, 0.1) is 0 Å². The third-order valence-corrected chi connectivity index (χ3v) is 4.33. The summed E-state index contributed by atoms with van der Waals surface area (Å²) in [7, 11) is 4.09. The summed E-state index contributed by atoms with van der Waals surface area (Å²) in [6.07, 6.45) is 2.03. The number of amides is 1. The summed E-state index contributed by atoms with van der Waals surface area (Å²) in [5, 5.41) is 3.73. The van der Waals surface area contributed by atoms with Crippen molar-refractivity contribution in [2.75, 3.05) is 50.9 Å². The van der Waals surface area contributed by atoms with Crippen molar-refractivity contribution in [2.24, 2.45) is 0 Å². The topological polar surface area (TPSA) is 74.5 Å². The van der Waals surface area contributed by atoms with E-state index in [9.17, 15) is 4.79 Å². The fourth-order valence-corrected chi connectivity index (χ4v) is 2.98. The summed E-state index contributed by atoms with van der Waals surface area (Å²) in [5.74, 6) is 0.209. The van der Waals surface area contributed by atoms with Crippen LogP contribution >= 0.6 is 11.3 Å². The highest BCUT2D eigenvalue weighted by molar-refractivity contribution is 7.18. The minimum atomic E-state index is -0.117. The molecule has 3 N–H and O–H groups in total. The van der Waals surface area contributed by atoms with Crippen molar-refractivity contribution in [3.63, 3.8) is 0 Å². The second-order valence-corrected chi connectivity index (χ2v) is 6.13. The van der Waals surface area contributed by atoms with Crippen molar-refractivity contribution in [1.29, 1.82) is 0 Å². The van der Waals surface area contributed by atoms with Crippen molar-refractivity contribution in [1.82, 2.24) is 15.2 Å². The molecular formula is C14H27N5OS. The molecule has 0 saturated heterocycles. The van der Waals surface area contributed by atoms with Crippen molar-refractivity contribution in [2.45, 2.75) is 26.7 Å². The minimum Gasteiger partial charge on any atom is -0.382 e. The van der Waals surface area contributed by atoms with Crippen LogP contribution in [-0.2, 0) is 0 Å². The number of carbonyl (C=O) groups is 1. The van der Waals surface area contributed by atoms with Gasteiger partial charge in [0.2, 0.25) is 0 Å². The molecule has 7 heteroatoms. The number of aromatic nitrogens is 1. The number of nitrogens with zero attached hydrogens (tertiary/aromatic N) is 3. The van der Waals surface area contributed by atoms with Gasteiger partial charge in [-0.05, 0) is 47.3 Å². The van der Waals surface area contributed by atoms with Gasteiger partial charge in [-0.25, -0.2) is 4.98 Å². The van der Waals surface area contributed by atoms with Gasteiger partial charge < -0.3 is 20.9 Å². The van der Waals surface area contributed by atoms with Crippen LogP contribution < -0.4 is 16.0 Å². The van der Waals surface area contributed by atoms with Crippen LogP contribution in [0.1, 0.15) is 36.4 Å². The first-order chi connectivity index (χ1) is 9.99. The van der Waals surface area contributed by atoms with Crippen LogP contribution in [0, 0.1) is 0 Å². The van der Waals surface area contributed by atoms with Crippen molar-refractivity contribution in [3.8, 4) is 0 Å². The molecule has 21 heavy (non-hydrogen) atoms. The fraction of sp³-hybridized carbons (Fsp3) is 0.714. The van der Waals surface area contributed by atoms with Gasteiger partial charge in [0.15, 0.2) is 5.13 Å². The first-order valence-corrected chi connectivity index (χ1v) is 8.25. The molecule has 1 rings (SSSR count). The highest BCUT2D eigenvalue weighted by atomic mass is 32.1. The lowest BCUT2D eigenvalue weighted by Gasteiger charge is -2.16. The van der Waals surface area contributed by atoms with Gasteiger partial charge in [-0.3, -0.25) is 4.79 Å². The molecule has 0 aliphatic rings. The van der Waals surface area contributed by atoms with E-state index in [-0.39, 0.29) is 5.91 Å². The van der Waals surface area contributed by atoms with Crippen molar-refractivity contribution < 1.29 is 4.79 Å². The zero-order chi connectivity index (χ0) is 15.8. The second-order valence-electron chi connectivity index (χ2n) is 5.15. The summed E-state index contributed by atoms with van der Waals surface area (Å²) in [5.41, 5.74) is 5.86. The molecule has 0 aromatic carbocycles. The Labute approximate surface area is 131 Å². The Morgan fingerprint density at radius 1 is 1.29 bits per heavy atom. The molecule has 1 aromatic rings. The van der Waals surface area contributed by atoms with Gasteiger partial charge in [0.25, 0.3) is 5.91 Å². The monoisotopic (exact) mass is 313 g/mol. The molecule has 0 aliphatic heterocycles. The maximum atomic E-state index is 12.1. The van der Waals surface area contributed by atoms with E-state index in [1.807, 2.05) is 14.1 Å². The Morgan fingerprint density at radius 2 is 1.95 bits per heavy atom. The van der Waals surface area contributed by atoms with Gasteiger partial charge in [-0.15, -0.1) is 0 Å². The number of unbranched alkanes of at least 4 members (excludes halogenated alkanes) is 1. The summed E-state index contributed by atoms with van der Waals surface area (Å²) >= 11 is 1.36.